The van der Waals surface area contributed by atoms with Gasteiger partial charge in [0.2, 0.25) is 0 Å². The molecule has 23 heavy (non-hydrogen) atoms. The van der Waals surface area contributed by atoms with Crippen molar-refractivity contribution in [1.82, 2.24) is 9.97 Å². The summed E-state index contributed by atoms with van der Waals surface area (Å²) in [6.07, 6.45) is 2.45. The van der Waals surface area contributed by atoms with Crippen LogP contribution in [-0.2, 0) is 4.74 Å². The van der Waals surface area contributed by atoms with E-state index in [1.165, 1.54) is 25.4 Å². The predicted molar refractivity (Wildman–Crippen MR) is 86.8 cm³/mol. The Balaban J connectivity index is 0.000000231. The molecule has 122 valence electrons. The van der Waals surface area contributed by atoms with Crippen LogP contribution >= 0.6 is 46.4 Å². The number of carboxylic acid groups (broad SMARTS) is 1. The number of esters is 1. The average Bonchev–Trinajstić information content (AvgIpc) is 2.52. The number of methoxy groups -OCH3 is 1. The first-order valence-corrected chi connectivity index (χ1v) is 7.21. The zero-order valence-electron chi connectivity index (χ0n) is 11.4. The first-order valence-electron chi connectivity index (χ1n) is 5.70. The molecule has 0 aliphatic carbocycles. The molecule has 2 rings (SSSR count). The molecule has 10 heteroatoms. The van der Waals surface area contributed by atoms with E-state index in [1.807, 2.05) is 0 Å². The first kappa shape index (κ1) is 19.4. The molecule has 0 bridgehead atoms. The number of hydrogen-bond donors (Lipinski definition) is 1. The summed E-state index contributed by atoms with van der Waals surface area (Å²) in [6, 6.07) is 2.65. The average molecular weight is 398 g/mol. The number of carbonyl (C=O) groups is 2. The Kier molecular flexibility index (Phi) is 7.51. The summed E-state index contributed by atoms with van der Waals surface area (Å²) in [7, 11) is 1.28. The Bertz CT molecular complexity index is 740. The van der Waals surface area contributed by atoms with Gasteiger partial charge in [-0.05, 0) is 12.1 Å². The van der Waals surface area contributed by atoms with E-state index in [0.29, 0.717) is 0 Å². The van der Waals surface area contributed by atoms with Gasteiger partial charge < -0.3 is 9.84 Å². The molecule has 2 heterocycles. The summed E-state index contributed by atoms with van der Waals surface area (Å²) in [5.41, 5.74) is 0.311. The van der Waals surface area contributed by atoms with Gasteiger partial charge in [0.15, 0.2) is 0 Å². The lowest BCUT2D eigenvalue weighted by molar-refractivity contribution is 0.0599. The van der Waals surface area contributed by atoms with E-state index in [-0.39, 0.29) is 31.5 Å². The van der Waals surface area contributed by atoms with Crippen LogP contribution in [0.1, 0.15) is 20.7 Å². The highest BCUT2D eigenvalue weighted by Gasteiger charge is 2.08. The van der Waals surface area contributed by atoms with Gasteiger partial charge in [-0.3, -0.25) is 0 Å². The summed E-state index contributed by atoms with van der Waals surface area (Å²) >= 11 is 22.1. The van der Waals surface area contributed by atoms with Crippen molar-refractivity contribution in [1.29, 1.82) is 0 Å². The molecule has 0 radical (unpaired) electrons. The van der Waals surface area contributed by atoms with Crippen LogP contribution in [0.15, 0.2) is 24.5 Å². The Hall–Kier alpha value is -1.60. The van der Waals surface area contributed by atoms with Crippen molar-refractivity contribution < 1.29 is 19.4 Å². The van der Waals surface area contributed by atoms with E-state index in [2.05, 4.69) is 14.7 Å². The van der Waals surface area contributed by atoms with Gasteiger partial charge in [-0.25, -0.2) is 19.6 Å². The summed E-state index contributed by atoms with van der Waals surface area (Å²) in [6.45, 7) is 0. The molecule has 0 amide bonds. The second-order valence-corrected chi connectivity index (χ2v) is 5.32. The van der Waals surface area contributed by atoms with Crippen molar-refractivity contribution in [3.05, 3.63) is 56.0 Å². The number of halogens is 4. The number of aromatic carboxylic acids is 1. The maximum atomic E-state index is 10.9. The number of ether oxygens (including phenoxy) is 1. The molecule has 0 atom stereocenters. The summed E-state index contributed by atoms with van der Waals surface area (Å²) in [4.78, 5) is 28.5. The summed E-state index contributed by atoms with van der Waals surface area (Å²) in [5, 5.41) is 9.12. The SMILES string of the molecule is COC(=O)c1cnc(Cl)c(Cl)c1.O=C(O)c1cnc(Cl)c(Cl)c1. The fraction of sp³-hybridized carbons (Fsp3) is 0.0769. The third-order valence-corrected chi connectivity index (χ3v) is 3.63. The molecule has 0 unspecified atom stereocenters. The van der Waals surface area contributed by atoms with Gasteiger partial charge in [0, 0.05) is 12.4 Å². The Morgan fingerprint density at radius 1 is 0.957 bits per heavy atom. The standard InChI is InChI=1S/C7H5Cl2NO2.C6H3Cl2NO2/c1-12-7(11)4-2-5(8)6(9)10-3-4;7-4-1-3(6(10)11)2-9-5(4)8/h2-3H,1H3;1-2H,(H,10,11). The van der Waals surface area contributed by atoms with E-state index in [4.69, 9.17) is 51.5 Å². The number of hydrogen-bond acceptors (Lipinski definition) is 5. The first-order chi connectivity index (χ1) is 10.8. The van der Waals surface area contributed by atoms with E-state index in [9.17, 15) is 9.59 Å². The van der Waals surface area contributed by atoms with Crippen LogP contribution in [0.25, 0.3) is 0 Å². The van der Waals surface area contributed by atoms with Gasteiger partial charge in [-0.1, -0.05) is 46.4 Å². The van der Waals surface area contributed by atoms with E-state index >= 15 is 0 Å². The van der Waals surface area contributed by atoms with Gasteiger partial charge in [0.1, 0.15) is 10.3 Å². The van der Waals surface area contributed by atoms with Crippen LogP contribution in [0.3, 0.4) is 0 Å². The van der Waals surface area contributed by atoms with Crippen molar-refractivity contribution in [2.45, 2.75) is 0 Å². The molecule has 1 N–H and O–H groups in total. The Morgan fingerprint density at radius 3 is 1.78 bits per heavy atom. The highest BCUT2D eigenvalue weighted by atomic mass is 35.5. The molecular weight excluding hydrogens is 390 g/mol. The lowest BCUT2D eigenvalue weighted by atomic mass is 10.3. The monoisotopic (exact) mass is 396 g/mol. The molecule has 0 aliphatic rings. The predicted octanol–water partition coefficient (Wildman–Crippen LogP) is 4.26. The normalized spacial score (nSPS) is 9.61. The van der Waals surface area contributed by atoms with Crippen LogP contribution in [0, 0.1) is 0 Å². The molecule has 0 aromatic carbocycles. The van der Waals surface area contributed by atoms with Gasteiger partial charge in [0.05, 0.1) is 28.3 Å². The maximum Gasteiger partial charge on any atom is 0.339 e. The highest BCUT2D eigenvalue weighted by Crippen LogP contribution is 2.20. The van der Waals surface area contributed by atoms with Gasteiger partial charge in [0.25, 0.3) is 0 Å². The van der Waals surface area contributed by atoms with Crippen LogP contribution < -0.4 is 0 Å². The number of nitrogens with zero attached hydrogens (tertiary/aromatic N) is 2. The molecule has 0 saturated carbocycles. The second kappa shape index (κ2) is 8.88. The molecular formula is C13H8Cl4N2O4. The van der Waals surface area contributed by atoms with Crippen LogP contribution in [0.5, 0.6) is 0 Å². The quantitative estimate of drug-likeness (QED) is 0.601. The van der Waals surface area contributed by atoms with Gasteiger partial charge in [-0.15, -0.1) is 0 Å². The number of carboxylic acids is 1. The van der Waals surface area contributed by atoms with Gasteiger partial charge >= 0.3 is 11.9 Å². The molecule has 0 spiro atoms. The number of pyridine rings is 2. The second-order valence-electron chi connectivity index (χ2n) is 3.79. The lowest BCUT2D eigenvalue weighted by Crippen LogP contribution is -2.01. The third kappa shape index (κ3) is 5.84. The summed E-state index contributed by atoms with van der Waals surface area (Å²) < 4.78 is 4.45. The molecule has 2 aromatic heterocycles. The number of aromatic nitrogens is 2. The fourth-order valence-electron chi connectivity index (χ4n) is 1.19. The highest BCUT2D eigenvalue weighted by molar-refractivity contribution is 6.41. The van der Waals surface area contributed by atoms with Crippen LogP contribution in [0.2, 0.25) is 20.4 Å². The largest absolute Gasteiger partial charge is 0.478 e. The minimum absolute atomic E-state index is 0.0272. The molecule has 0 fully saturated rings. The Morgan fingerprint density at radius 2 is 1.39 bits per heavy atom. The minimum Gasteiger partial charge on any atom is -0.478 e. The minimum atomic E-state index is -1.07. The van der Waals surface area contributed by atoms with Crippen LogP contribution in [-0.4, -0.2) is 34.1 Å². The van der Waals surface area contributed by atoms with Crippen LogP contribution in [0.4, 0.5) is 0 Å². The molecule has 2 aromatic rings. The van der Waals surface area contributed by atoms with Crippen molar-refractivity contribution >= 4 is 58.3 Å². The van der Waals surface area contributed by atoms with Crippen molar-refractivity contribution in [3.63, 3.8) is 0 Å². The molecule has 0 aliphatic heterocycles. The van der Waals surface area contributed by atoms with Gasteiger partial charge in [-0.2, -0.15) is 0 Å². The van der Waals surface area contributed by atoms with E-state index in [1.54, 1.807) is 0 Å². The third-order valence-electron chi connectivity index (χ3n) is 2.26. The Labute approximate surface area is 150 Å². The lowest BCUT2D eigenvalue weighted by Gasteiger charge is -1.99. The molecule has 0 saturated heterocycles. The van der Waals surface area contributed by atoms with Crippen molar-refractivity contribution in [2.24, 2.45) is 0 Å². The van der Waals surface area contributed by atoms with E-state index in [0.717, 1.165) is 6.20 Å². The van der Waals surface area contributed by atoms with Crippen molar-refractivity contribution in [3.8, 4) is 0 Å². The van der Waals surface area contributed by atoms with E-state index < -0.39 is 11.9 Å². The topological polar surface area (TPSA) is 89.4 Å². The maximum absolute atomic E-state index is 10.9. The summed E-state index contributed by atoms with van der Waals surface area (Å²) in [5.74, 6) is -1.56. The molecule has 6 nitrogen and oxygen atoms in total. The smallest absolute Gasteiger partial charge is 0.339 e. The fourth-order valence-corrected chi connectivity index (χ4v) is 1.73. The number of carbonyl (C=O) groups excluding carboxylic acids is 1. The number of rotatable bonds is 2. The van der Waals surface area contributed by atoms with Crippen molar-refractivity contribution in [2.75, 3.05) is 7.11 Å². The zero-order valence-corrected chi connectivity index (χ0v) is 14.4. The zero-order chi connectivity index (χ0) is 17.6.